The van der Waals surface area contributed by atoms with Crippen LogP contribution >= 0.6 is 0 Å². The molecular weight excluding hydrogens is 253 g/mol. The maximum absolute atomic E-state index is 14.1. The van der Waals surface area contributed by atoms with Gasteiger partial charge < -0.3 is 5.32 Å². The van der Waals surface area contributed by atoms with Crippen molar-refractivity contribution in [3.63, 3.8) is 0 Å². The van der Waals surface area contributed by atoms with Gasteiger partial charge in [-0.25, -0.2) is 4.39 Å². The summed E-state index contributed by atoms with van der Waals surface area (Å²) in [5.74, 6) is -0.900. The van der Waals surface area contributed by atoms with Crippen molar-refractivity contribution >= 4 is 5.91 Å². The standard InChI is InChI=1S/C17H18FNO/c1-17(2,3)19-16(20)14-10-9-13(11-15(14)18)12-7-5-4-6-8-12/h4-11H,1-3H3,(H,19,20). The van der Waals surface area contributed by atoms with Gasteiger partial charge in [0.25, 0.3) is 5.91 Å². The van der Waals surface area contributed by atoms with Crippen molar-refractivity contribution in [3.8, 4) is 11.1 Å². The molecular formula is C17H18FNO. The van der Waals surface area contributed by atoms with Crippen molar-refractivity contribution in [1.29, 1.82) is 0 Å². The molecule has 2 nitrogen and oxygen atoms in total. The zero-order valence-corrected chi connectivity index (χ0v) is 11.9. The van der Waals surface area contributed by atoms with E-state index in [9.17, 15) is 9.18 Å². The molecule has 0 aromatic heterocycles. The molecule has 0 spiro atoms. The van der Waals surface area contributed by atoms with Crippen molar-refractivity contribution in [2.45, 2.75) is 26.3 Å². The predicted molar refractivity (Wildman–Crippen MR) is 79.1 cm³/mol. The van der Waals surface area contributed by atoms with Crippen LogP contribution in [-0.4, -0.2) is 11.4 Å². The second-order valence-electron chi connectivity index (χ2n) is 5.76. The second-order valence-corrected chi connectivity index (χ2v) is 5.76. The van der Waals surface area contributed by atoms with Gasteiger partial charge in [0, 0.05) is 5.54 Å². The molecule has 0 bridgehead atoms. The third kappa shape index (κ3) is 3.44. The van der Waals surface area contributed by atoms with E-state index in [-0.39, 0.29) is 11.1 Å². The number of rotatable bonds is 2. The number of hydrogen-bond acceptors (Lipinski definition) is 1. The largest absolute Gasteiger partial charge is 0.347 e. The van der Waals surface area contributed by atoms with Crippen molar-refractivity contribution < 1.29 is 9.18 Å². The van der Waals surface area contributed by atoms with Gasteiger partial charge in [-0.2, -0.15) is 0 Å². The van der Waals surface area contributed by atoms with Crippen LogP contribution in [-0.2, 0) is 0 Å². The molecule has 3 heteroatoms. The SMILES string of the molecule is CC(C)(C)NC(=O)c1ccc(-c2ccccc2)cc1F. The number of nitrogens with one attached hydrogen (secondary N) is 1. The Morgan fingerprint density at radius 3 is 2.20 bits per heavy atom. The maximum Gasteiger partial charge on any atom is 0.254 e. The molecule has 20 heavy (non-hydrogen) atoms. The van der Waals surface area contributed by atoms with Crippen LogP contribution in [0.4, 0.5) is 4.39 Å². The molecule has 0 heterocycles. The molecule has 0 unspecified atom stereocenters. The molecule has 104 valence electrons. The summed E-state index contributed by atoms with van der Waals surface area (Å²) in [6.45, 7) is 5.59. The van der Waals surface area contributed by atoms with Crippen LogP contribution in [0.1, 0.15) is 31.1 Å². The molecule has 0 aliphatic rings. The summed E-state index contributed by atoms with van der Waals surface area (Å²) in [6, 6.07) is 14.2. The number of hydrogen-bond donors (Lipinski definition) is 1. The van der Waals surface area contributed by atoms with Gasteiger partial charge in [0.2, 0.25) is 0 Å². The summed E-state index contributed by atoms with van der Waals surface area (Å²) in [5, 5.41) is 2.76. The van der Waals surface area contributed by atoms with Gasteiger partial charge >= 0.3 is 0 Å². The first-order valence-corrected chi connectivity index (χ1v) is 6.54. The molecule has 0 atom stereocenters. The van der Waals surface area contributed by atoms with Crippen LogP contribution in [0.2, 0.25) is 0 Å². The number of benzene rings is 2. The monoisotopic (exact) mass is 271 g/mol. The van der Waals surface area contributed by atoms with Gasteiger partial charge in [0.1, 0.15) is 5.82 Å². The lowest BCUT2D eigenvalue weighted by atomic mass is 10.0. The molecule has 2 aromatic rings. The van der Waals surface area contributed by atoms with E-state index in [0.717, 1.165) is 11.1 Å². The highest BCUT2D eigenvalue weighted by Crippen LogP contribution is 2.22. The predicted octanol–water partition coefficient (Wildman–Crippen LogP) is 4.02. The van der Waals surface area contributed by atoms with Crippen LogP contribution < -0.4 is 5.32 Å². The van der Waals surface area contributed by atoms with Crippen molar-refractivity contribution in [1.82, 2.24) is 5.32 Å². The Labute approximate surface area is 118 Å². The fraction of sp³-hybridized carbons (Fsp3) is 0.235. The minimum absolute atomic E-state index is 0.0691. The zero-order valence-electron chi connectivity index (χ0n) is 11.9. The highest BCUT2D eigenvalue weighted by Gasteiger charge is 2.18. The maximum atomic E-state index is 14.1. The minimum atomic E-state index is -0.506. The Morgan fingerprint density at radius 1 is 1.00 bits per heavy atom. The summed E-state index contributed by atoms with van der Waals surface area (Å²) in [4.78, 5) is 12.0. The van der Waals surface area contributed by atoms with Gasteiger partial charge in [-0.1, -0.05) is 36.4 Å². The smallest absolute Gasteiger partial charge is 0.254 e. The first-order chi connectivity index (χ1) is 9.37. The molecule has 1 amide bonds. The number of amides is 1. The highest BCUT2D eigenvalue weighted by atomic mass is 19.1. The van der Waals surface area contributed by atoms with E-state index in [1.165, 1.54) is 12.1 Å². The van der Waals surface area contributed by atoms with E-state index >= 15 is 0 Å². The third-order valence-corrected chi connectivity index (χ3v) is 2.81. The Bertz CT molecular complexity index is 615. The summed E-state index contributed by atoms with van der Waals surface area (Å²) < 4.78 is 14.1. The van der Waals surface area contributed by atoms with Crippen LogP contribution in [0.5, 0.6) is 0 Å². The molecule has 0 fully saturated rings. The molecule has 0 aliphatic heterocycles. The van der Waals surface area contributed by atoms with E-state index in [0.29, 0.717) is 0 Å². The van der Waals surface area contributed by atoms with E-state index in [1.807, 2.05) is 51.1 Å². The van der Waals surface area contributed by atoms with Gasteiger partial charge in [-0.3, -0.25) is 4.79 Å². The van der Waals surface area contributed by atoms with Crippen molar-refractivity contribution in [2.24, 2.45) is 0 Å². The van der Waals surface area contributed by atoms with Gasteiger partial charge in [-0.05, 0) is 44.0 Å². The van der Waals surface area contributed by atoms with Crippen LogP contribution in [0, 0.1) is 5.82 Å². The fourth-order valence-electron chi connectivity index (χ4n) is 1.92. The zero-order chi connectivity index (χ0) is 14.8. The van der Waals surface area contributed by atoms with Gasteiger partial charge in [0.05, 0.1) is 5.56 Å². The number of carbonyl (C=O) groups excluding carboxylic acids is 1. The molecule has 0 radical (unpaired) electrons. The van der Waals surface area contributed by atoms with Crippen molar-refractivity contribution in [2.75, 3.05) is 0 Å². The lowest BCUT2D eigenvalue weighted by Crippen LogP contribution is -2.40. The molecule has 0 saturated carbocycles. The molecule has 2 aromatic carbocycles. The first kappa shape index (κ1) is 14.3. The topological polar surface area (TPSA) is 29.1 Å². The van der Waals surface area contributed by atoms with E-state index in [2.05, 4.69) is 5.32 Å². The number of carbonyl (C=O) groups is 1. The van der Waals surface area contributed by atoms with E-state index < -0.39 is 11.7 Å². The van der Waals surface area contributed by atoms with Crippen LogP contribution in [0.15, 0.2) is 48.5 Å². The molecule has 0 aliphatic carbocycles. The molecule has 0 saturated heterocycles. The highest BCUT2D eigenvalue weighted by molar-refractivity contribution is 5.95. The second kappa shape index (κ2) is 5.45. The van der Waals surface area contributed by atoms with E-state index in [1.54, 1.807) is 6.07 Å². The molecule has 1 N–H and O–H groups in total. The lowest BCUT2D eigenvalue weighted by Gasteiger charge is -2.20. The fourth-order valence-corrected chi connectivity index (χ4v) is 1.92. The van der Waals surface area contributed by atoms with Crippen molar-refractivity contribution in [3.05, 3.63) is 59.9 Å². The quantitative estimate of drug-likeness (QED) is 0.878. The number of halogens is 1. The Balaban J connectivity index is 2.29. The average Bonchev–Trinajstić information content (AvgIpc) is 2.37. The van der Waals surface area contributed by atoms with Crippen LogP contribution in [0.3, 0.4) is 0 Å². The summed E-state index contributed by atoms with van der Waals surface area (Å²) in [5.41, 5.74) is 1.37. The van der Waals surface area contributed by atoms with Gasteiger partial charge in [-0.15, -0.1) is 0 Å². The summed E-state index contributed by atoms with van der Waals surface area (Å²) in [7, 11) is 0. The minimum Gasteiger partial charge on any atom is -0.347 e. The van der Waals surface area contributed by atoms with Gasteiger partial charge in [0.15, 0.2) is 0 Å². The first-order valence-electron chi connectivity index (χ1n) is 6.54. The van der Waals surface area contributed by atoms with Crippen LogP contribution in [0.25, 0.3) is 11.1 Å². The Morgan fingerprint density at radius 2 is 1.65 bits per heavy atom. The molecule has 2 rings (SSSR count). The average molecular weight is 271 g/mol. The lowest BCUT2D eigenvalue weighted by molar-refractivity contribution is 0.0915. The third-order valence-electron chi connectivity index (χ3n) is 2.81. The normalized spacial score (nSPS) is 11.2. The summed E-state index contributed by atoms with van der Waals surface area (Å²) in [6.07, 6.45) is 0. The van der Waals surface area contributed by atoms with E-state index in [4.69, 9.17) is 0 Å². The Kier molecular flexibility index (Phi) is 3.89. The Hall–Kier alpha value is -2.16. The summed E-state index contributed by atoms with van der Waals surface area (Å²) >= 11 is 0.